The number of rotatable bonds is 10. The van der Waals surface area contributed by atoms with Gasteiger partial charge in [0.15, 0.2) is 0 Å². The van der Waals surface area contributed by atoms with E-state index in [-0.39, 0.29) is 24.3 Å². The fraction of sp³-hybridized carbons (Fsp3) is 0.917. The first-order valence-corrected chi connectivity index (χ1v) is 6.47. The Balaban J connectivity index is 4.27. The van der Waals surface area contributed by atoms with Crippen LogP contribution in [0.1, 0.15) is 46.0 Å². The highest BCUT2D eigenvalue weighted by Gasteiger charge is 2.22. The Hall–Kier alpha value is -0.650. The second-order valence-electron chi connectivity index (χ2n) is 4.51. The fourth-order valence-corrected chi connectivity index (χ4v) is 1.98. The van der Waals surface area contributed by atoms with Gasteiger partial charge in [-0.15, -0.1) is 0 Å². The van der Waals surface area contributed by atoms with Crippen LogP contribution in [0.2, 0.25) is 0 Å². The molecule has 0 aromatic rings. The van der Waals surface area contributed by atoms with Crippen molar-refractivity contribution in [2.45, 2.75) is 58.2 Å². The molecule has 3 atom stereocenters. The van der Waals surface area contributed by atoms with Crippen LogP contribution >= 0.6 is 0 Å². The van der Waals surface area contributed by atoms with Gasteiger partial charge in [0.25, 0.3) is 0 Å². The number of aliphatic hydroxyl groups is 1. The smallest absolute Gasteiger partial charge is 0.217 e. The summed E-state index contributed by atoms with van der Waals surface area (Å²) in [6.07, 6.45) is 2.98. The van der Waals surface area contributed by atoms with Gasteiger partial charge in [0.2, 0.25) is 5.91 Å². The molecule has 0 aromatic heterocycles. The second-order valence-corrected chi connectivity index (χ2v) is 4.51. The maximum atomic E-state index is 10.9. The molecule has 0 aliphatic heterocycles. The summed E-state index contributed by atoms with van der Waals surface area (Å²) in [6, 6.07) is 0.197. The lowest BCUT2D eigenvalue weighted by Gasteiger charge is -2.27. The third-order valence-electron chi connectivity index (χ3n) is 2.98. The summed E-state index contributed by atoms with van der Waals surface area (Å²) >= 11 is 0. The summed E-state index contributed by atoms with van der Waals surface area (Å²) in [6.45, 7) is 4.66. The molecule has 5 nitrogen and oxygen atoms in total. The van der Waals surface area contributed by atoms with E-state index in [1.807, 2.05) is 13.8 Å². The number of carbonyl (C=O) groups excluding carboxylic acids is 1. The van der Waals surface area contributed by atoms with E-state index in [1.165, 1.54) is 0 Å². The summed E-state index contributed by atoms with van der Waals surface area (Å²) in [4.78, 5) is 10.9. The van der Waals surface area contributed by atoms with Crippen molar-refractivity contribution >= 4 is 5.91 Å². The Labute approximate surface area is 104 Å². The van der Waals surface area contributed by atoms with Gasteiger partial charge in [0.05, 0.1) is 0 Å². The molecule has 0 aliphatic carbocycles. The zero-order chi connectivity index (χ0) is 13.3. The first kappa shape index (κ1) is 16.4. The normalized spacial score (nSPS) is 16.5. The average Bonchev–Trinajstić information content (AvgIpc) is 2.27. The third-order valence-corrected chi connectivity index (χ3v) is 2.98. The highest BCUT2D eigenvalue weighted by molar-refractivity contribution is 5.74. The number of carbonyl (C=O) groups is 1. The topological polar surface area (TPSA) is 101 Å². The first-order chi connectivity index (χ1) is 8.04. The maximum Gasteiger partial charge on any atom is 0.217 e. The molecule has 5 heteroatoms. The summed E-state index contributed by atoms with van der Waals surface area (Å²) in [7, 11) is 0. The first-order valence-electron chi connectivity index (χ1n) is 6.47. The van der Waals surface area contributed by atoms with Crippen LogP contribution in [0.25, 0.3) is 0 Å². The van der Waals surface area contributed by atoms with E-state index in [0.29, 0.717) is 6.54 Å². The van der Waals surface area contributed by atoms with Crippen molar-refractivity contribution in [1.82, 2.24) is 5.32 Å². The molecule has 0 saturated carbocycles. The molecule has 0 spiro atoms. The summed E-state index contributed by atoms with van der Waals surface area (Å²) in [5.41, 5.74) is 10.7. The third kappa shape index (κ3) is 7.31. The van der Waals surface area contributed by atoms with Gasteiger partial charge in [-0.25, -0.2) is 0 Å². The van der Waals surface area contributed by atoms with E-state index in [9.17, 15) is 9.90 Å². The van der Waals surface area contributed by atoms with Gasteiger partial charge in [0, 0.05) is 18.4 Å². The lowest BCUT2D eigenvalue weighted by atomic mass is 9.96. The molecule has 0 bridgehead atoms. The van der Waals surface area contributed by atoms with Gasteiger partial charge < -0.3 is 16.6 Å². The zero-order valence-electron chi connectivity index (χ0n) is 11.0. The molecule has 0 radical (unpaired) electrons. The Bertz CT molecular complexity index is 212. The molecular weight excluding hydrogens is 218 g/mol. The number of aliphatic hydroxyl groups excluding tert-OH is 1. The molecule has 0 heterocycles. The second kappa shape index (κ2) is 9.39. The van der Waals surface area contributed by atoms with Crippen molar-refractivity contribution < 1.29 is 9.90 Å². The Morgan fingerprint density at radius 2 is 2.00 bits per heavy atom. The standard InChI is InChI=1S/C12H27N3O2/c1-3-5-9(8-11(14)16)12(17)15-10(4-2)6-7-13/h9-10,12,15,17H,3-8,13H2,1-2H3,(H2,14,16). The van der Waals surface area contributed by atoms with Crippen LogP contribution in [0.15, 0.2) is 0 Å². The van der Waals surface area contributed by atoms with Gasteiger partial charge >= 0.3 is 0 Å². The molecule has 0 rings (SSSR count). The van der Waals surface area contributed by atoms with Gasteiger partial charge in [-0.05, 0) is 25.8 Å². The minimum atomic E-state index is -0.682. The van der Waals surface area contributed by atoms with Crippen LogP contribution in [0, 0.1) is 5.92 Å². The van der Waals surface area contributed by atoms with Gasteiger partial charge in [-0.3, -0.25) is 10.1 Å². The van der Waals surface area contributed by atoms with Crippen molar-refractivity contribution in [3.05, 3.63) is 0 Å². The minimum absolute atomic E-state index is 0.107. The van der Waals surface area contributed by atoms with Crippen LogP contribution in [0.3, 0.4) is 0 Å². The largest absolute Gasteiger partial charge is 0.378 e. The van der Waals surface area contributed by atoms with Crippen LogP contribution < -0.4 is 16.8 Å². The molecule has 0 saturated heterocycles. The van der Waals surface area contributed by atoms with Crippen LogP contribution in [0.4, 0.5) is 0 Å². The summed E-state index contributed by atoms with van der Waals surface area (Å²) in [5.74, 6) is -0.472. The van der Waals surface area contributed by atoms with Crippen molar-refractivity contribution in [3.8, 4) is 0 Å². The van der Waals surface area contributed by atoms with Gasteiger partial charge in [-0.2, -0.15) is 0 Å². The lowest BCUT2D eigenvalue weighted by Crippen LogP contribution is -2.44. The Morgan fingerprint density at radius 3 is 2.41 bits per heavy atom. The zero-order valence-corrected chi connectivity index (χ0v) is 11.0. The highest BCUT2D eigenvalue weighted by Crippen LogP contribution is 2.15. The van der Waals surface area contributed by atoms with Gasteiger partial charge in [0.1, 0.15) is 6.23 Å². The van der Waals surface area contributed by atoms with Crippen LogP contribution in [-0.2, 0) is 4.79 Å². The van der Waals surface area contributed by atoms with Crippen molar-refractivity contribution in [3.63, 3.8) is 0 Å². The van der Waals surface area contributed by atoms with Crippen LogP contribution in [0.5, 0.6) is 0 Å². The number of hydrogen-bond acceptors (Lipinski definition) is 4. The van der Waals surface area contributed by atoms with E-state index in [0.717, 1.165) is 25.7 Å². The number of nitrogens with two attached hydrogens (primary N) is 2. The fourth-order valence-electron chi connectivity index (χ4n) is 1.98. The number of amides is 1. The van der Waals surface area contributed by atoms with E-state index in [4.69, 9.17) is 11.5 Å². The Kier molecular flexibility index (Phi) is 9.03. The molecule has 0 aromatic carbocycles. The highest BCUT2D eigenvalue weighted by atomic mass is 16.3. The molecule has 1 amide bonds. The van der Waals surface area contributed by atoms with Gasteiger partial charge in [-0.1, -0.05) is 20.3 Å². The predicted molar refractivity (Wildman–Crippen MR) is 69.1 cm³/mol. The molecule has 0 aliphatic rings. The van der Waals surface area contributed by atoms with E-state index >= 15 is 0 Å². The van der Waals surface area contributed by atoms with E-state index < -0.39 is 6.23 Å². The molecule has 0 fully saturated rings. The number of primary amides is 1. The lowest BCUT2D eigenvalue weighted by molar-refractivity contribution is -0.120. The average molecular weight is 245 g/mol. The molecule has 6 N–H and O–H groups in total. The van der Waals surface area contributed by atoms with E-state index in [1.54, 1.807) is 0 Å². The summed E-state index contributed by atoms with van der Waals surface area (Å²) in [5, 5.41) is 13.2. The molecule has 102 valence electrons. The summed E-state index contributed by atoms with van der Waals surface area (Å²) < 4.78 is 0. The number of nitrogens with one attached hydrogen (secondary N) is 1. The predicted octanol–water partition coefficient (Wildman–Crippen LogP) is 0.314. The van der Waals surface area contributed by atoms with Crippen molar-refractivity contribution in [2.75, 3.05) is 6.54 Å². The SMILES string of the molecule is CCCC(CC(N)=O)C(O)NC(CC)CCN. The monoisotopic (exact) mass is 245 g/mol. The molecule has 3 unspecified atom stereocenters. The van der Waals surface area contributed by atoms with Crippen LogP contribution in [-0.4, -0.2) is 29.8 Å². The maximum absolute atomic E-state index is 10.9. The quantitative estimate of drug-likeness (QED) is 0.416. The molecular formula is C12H27N3O2. The van der Waals surface area contributed by atoms with E-state index in [2.05, 4.69) is 5.32 Å². The van der Waals surface area contributed by atoms with Crippen molar-refractivity contribution in [1.29, 1.82) is 0 Å². The Morgan fingerprint density at radius 1 is 1.35 bits per heavy atom. The van der Waals surface area contributed by atoms with Crippen molar-refractivity contribution in [2.24, 2.45) is 17.4 Å². The minimum Gasteiger partial charge on any atom is -0.378 e. The molecule has 17 heavy (non-hydrogen) atoms. The number of hydrogen-bond donors (Lipinski definition) is 4.